The maximum Gasteiger partial charge on any atom is 0.194 e. The molecule has 2 heterocycles. The van der Waals surface area contributed by atoms with E-state index < -0.39 is 0 Å². The van der Waals surface area contributed by atoms with Crippen molar-refractivity contribution in [2.75, 3.05) is 0 Å². The highest BCUT2D eigenvalue weighted by Gasteiger charge is 2.27. The summed E-state index contributed by atoms with van der Waals surface area (Å²) in [4.78, 5) is 5.41. The van der Waals surface area contributed by atoms with Crippen molar-refractivity contribution in [1.29, 1.82) is 0 Å². The van der Waals surface area contributed by atoms with Gasteiger partial charge in [-0.05, 0) is 36.5 Å². The highest BCUT2D eigenvalue weighted by atomic mass is 32.1. The fraction of sp³-hybridized carbons (Fsp3) is 0.308. The van der Waals surface area contributed by atoms with Crippen LogP contribution in [0.4, 0.5) is 0 Å². The molecule has 1 aliphatic carbocycles. The van der Waals surface area contributed by atoms with Gasteiger partial charge in [0.2, 0.25) is 0 Å². The Morgan fingerprint density at radius 3 is 3.06 bits per heavy atom. The number of hydrogen-bond donors (Lipinski definition) is 1. The van der Waals surface area contributed by atoms with Crippen LogP contribution in [0.25, 0.3) is 15.2 Å². The molecule has 17 heavy (non-hydrogen) atoms. The summed E-state index contributed by atoms with van der Waals surface area (Å²) in [7, 11) is 0. The van der Waals surface area contributed by atoms with E-state index in [2.05, 4.69) is 27.6 Å². The molecule has 3 nitrogen and oxygen atoms in total. The molecule has 0 spiro atoms. The predicted octanol–water partition coefficient (Wildman–Crippen LogP) is 2.75. The Hall–Kier alpha value is -1.39. The lowest BCUT2D eigenvalue weighted by molar-refractivity contribution is 0.352. The maximum absolute atomic E-state index is 5.85. The monoisotopic (exact) mass is 243 g/mol. The number of thiazole rings is 1. The zero-order chi connectivity index (χ0) is 11.4. The van der Waals surface area contributed by atoms with E-state index in [1.54, 1.807) is 11.3 Å². The zero-order valence-electron chi connectivity index (χ0n) is 9.34. The van der Waals surface area contributed by atoms with Crippen LogP contribution >= 0.6 is 11.3 Å². The lowest BCUT2D eigenvalue weighted by atomic mass is 9.76. The lowest BCUT2D eigenvalue weighted by Gasteiger charge is -2.32. The molecule has 1 fully saturated rings. The molecule has 0 bridgehead atoms. The Kier molecular flexibility index (Phi) is 1.87. The molecular weight excluding hydrogens is 230 g/mol. The Morgan fingerprint density at radius 1 is 1.35 bits per heavy atom. The van der Waals surface area contributed by atoms with Crippen LogP contribution in [0.3, 0.4) is 0 Å². The highest BCUT2D eigenvalue weighted by Crippen LogP contribution is 2.38. The van der Waals surface area contributed by atoms with E-state index in [0.29, 0.717) is 12.0 Å². The first-order valence-electron chi connectivity index (χ1n) is 5.92. The summed E-state index contributed by atoms with van der Waals surface area (Å²) in [5.41, 5.74) is 8.55. The van der Waals surface area contributed by atoms with Crippen molar-refractivity contribution in [2.45, 2.75) is 24.8 Å². The van der Waals surface area contributed by atoms with Crippen molar-refractivity contribution in [2.24, 2.45) is 5.73 Å². The van der Waals surface area contributed by atoms with Crippen molar-refractivity contribution >= 4 is 26.5 Å². The van der Waals surface area contributed by atoms with Gasteiger partial charge in [-0.3, -0.25) is 4.40 Å². The van der Waals surface area contributed by atoms with Crippen molar-refractivity contribution in [3.63, 3.8) is 0 Å². The van der Waals surface area contributed by atoms with Crippen molar-refractivity contribution in [3.8, 4) is 0 Å². The molecule has 2 aromatic heterocycles. The summed E-state index contributed by atoms with van der Waals surface area (Å²) >= 11 is 1.76. The number of hydrogen-bond acceptors (Lipinski definition) is 3. The first kappa shape index (κ1) is 9.62. The molecular formula is C13H13N3S. The van der Waals surface area contributed by atoms with E-state index in [1.165, 1.54) is 15.8 Å². The van der Waals surface area contributed by atoms with Crippen LogP contribution in [0.1, 0.15) is 24.3 Å². The topological polar surface area (TPSA) is 43.3 Å². The number of nitrogens with two attached hydrogens (primary N) is 1. The van der Waals surface area contributed by atoms with Gasteiger partial charge in [-0.15, -0.1) is 0 Å². The smallest absolute Gasteiger partial charge is 0.194 e. The molecule has 3 aromatic rings. The SMILES string of the molecule is NC1CC(c2ccc3c(c2)sc2nccn23)C1. The Bertz CT molecular complexity index is 691. The number of imidazole rings is 1. The van der Waals surface area contributed by atoms with Gasteiger partial charge in [-0.2, -0.15) is 0 Å². The van der Waals surface area contributed by atoms with Crippen LogP contribution in [0.2, 0.25) is 0 Å². The van der Waals surface area contributed by atoms with Gasteiger partial charge in [0.25, 0.3) is 0 Å². The Morgan fingerprint density at radius 2 is 2.24 bits per heavy atom. The third-order valence-corrected chi connectivity index (χ3v) is 4.73. The van der Waals surface area contributed by atoms with E-state index in [9.17, 15) is 0 Å². The van der Waals surface area contributed by atoms with E-state index in [4.69, 9.17) is 5.73 Å². The summed E-state index contributed by atoms with van der Waals surface area (Å²) in [5, 5.41) is 0. The molecule has 4 rings (SSSR count). The van der Waals surface area contributed by atoms with Gasteiger partial charge < -0.3 is 5.73 Å². The highest BCUT2D eigenvalue weighted by molar-refractivity contribution is 7.23. The molecule has 1 aromatic carbocycles. The maximum atomic E-state index is 5.85. The minimum absolute atomic E-state index is 0.413. The van der Waals surface area contributed by atoms with E-state index in [-0.39, 0.29) is 0 Å². The number of nitrogens with zero attached hydrogens (tertiary/aromatic N) is 2. The van der Waals surface area contributed by atoms with E-state index in [0.717, 1.165) is 17.8 Å². The zero-order valence-corrected chi connectivity index (χ0v) is 10.2. The van der Waals surface area contributed by atoms with Gasteiger partial charge in [0, 0.05) is 18.4 Å². The largest absolute Gasteiger partial charge is 0.328 e. The van der Waals surface area contributed by atoms with Crippen LogP contribution in [-0.2, 0) is 0 Å². The molecule has 4 heteroatoms. The van der Waals surface area contributed by atoms with Gasteiger partial charge >= 0.3 is 0 Å². The van der Waals surface area contributed by atoms with E-state index in [1.807, 2.05) is 12.4 Å². The Labute approximate surface area is 103 Å². The first-order chi connectivity index (χ1) is 8.31. The molecule has 0 aliphatic heterocycles. The average molecular weight is 243 g/mol. The summed E-state index contributed by atoms with van der Waals surface area (Å²) in [6.45, 7) is 0. The molecule has 0 amide bonds. The lowest BCUT2D eigenvalue weighted by Crippen LogP contribution is -2.34. The van der Waals surface area contributed by atoms with Crippen LogP contribution in [-0.4, -0.2) is 15.4 Å². The fourth-order valence-corrected chi connectivity index (χ4v) is 3.68. The molecule has 1 saturated carbocycles. The van der Waals surface area contributed by atoms with Crippen LogP contribution in [0.15, 0.2) is 30.6 Å². The molecule has 2 N–H and O–H groups in total. The van der Waals surface area contributed by atoms with Crippen molar-refractivity contribution < 1.29 is 0 Å². The average Bonchev–Trinajstić information content (AvgIpc) is 2.83. The quantitative estimate of drug-likeness (QED) is 0.714. The third kappa shape index (κ3) is 1.34. The molecule has 86 valence electrons. The fourth-order valence-electron chi connectivity index (χ4n) is 2.65. The van der Waals surface area contributed by atoms with Crippen LogP contribution in [0.5, 0.6) is 0 Å². The minimum Gasteiger partial charge on any atom is -0.328 e. The molecule has 0 unspecified atom stereocenters. The first-order valence-corrected chi connectivity index (χ1v) is 6.74. The van der Waals surface area contributed by atoms with E-state index >= 15 is 0 Å². The number of rotatable bonds is 1. The predicted molar refractivity (Wildman–Crippen MR) is 70.5 cm³/mol. The molecule has 0 atom stereocenters. The second kappa shape index (κ2) is 3.31. The summed E-state index contributed by atoms with van der Waals surface area (Å²) < 4.78 is 3.47. The number of fused-ring (bicyclic) bond motifs is 3. The molecule has 1 aliphatic rings. The second-order valence-corrected chi connectivity index (χ2v) is 5.85. The van der Waals surface area contributed by atoms with Gasteiger partial charge in [0.05, 0.1) is 10.2 Å². The van der Waals surface area contributed by atoms with Gasteiger partial charge in [-0.1, -0.05) is 17.4 Å². The van der Waals surface area contributed by atoms with Crippen molar-refractivity contribution in [3.05, 3.63) is 36.2 Å². The third-order valence-electron chi connectivity index (χ3n) is 3.70. The summed E-state index contributed by atoms with van der Waals surface area (Å²) in [6.07, 6.45) is 6.14. The standard InChI is InChI=1S/C13H13N3S/c14-10-5-9(6-10)8-1-2-11-12(7-8)17-13-15-3-4-16(11)13/h1-4,7,9-10H,5-6,14H2. The number of benzene rings is 1. The summed E-state index contributed by atoms with van der Waals surface area (Å²) in [5.74, 6) is 0.670. The minimum atomic E-state index is 0.413. The normalized spacial score (nSPS) is 24.3. The van der Waals surface area contributed by atoms with Gasteiger partial charge in [0.15, 0.2) is 4.96 Å². The number of aromatic nitrogens is 2. The van der Waals surface area contributed by atoms with Gasteiger partial charge in [-0.25, -0.2) is 4.98 Å². The second-order valence-electron chi connectivity index (χ2n) is 4.84. The van der Waals surface area contributed by atoms with Crippen LogP contribution < -0.4 is 5.73 Å². The molecule has 0 radical (unpaired) electrons. The Balaban J connectivity index is 1.86. The molecule has 0 saturated heterocycles. The van der Waals surface area contributed by atoms with Crippen LogP contribution in [0, 0.1) is 0 Å². The van der Waals surface area contributed by atoms with Gasteiger partial charge in [0.1, 0.15) is 0 Å². The van der Waals surface area contributed by atoms with Crippen molar-refractivity contribution in [1.82, 2.24) is 9.38 Å². The summed E-state index contributed by atoms with van der Waals surface area (Å²) in [6, 6.07) is 7.17.